The number of fused-ring (bicyclic) bond motifs is 1. The molecule has 1 aliphatic rings. The number of aliphatic hydroxyl groups is 1. The van der Waals surface area contributed by atoms with Crippen LogP contribution >= 0.6 is 0 Å². The lowest BCUT2D eigenvalue weighted by atomic mass is 9.96. The molecule has 3 heterocycles. The number of nitrogens with zero attached hydrogens (tertiary/aromatic N) is 4. The largest absolute Gasteiger partial charge is 0.416 e. The van der Waals surface area contributed by atoms with Crippen LogP contribution in [-0.4, -0.2) is 31.8 Å². The van der Waals surface area contributed by atoms with Crippen LogP contribution in [0.3, 0.4) is 0 Å². The van der Waals surface area contributed by atoms with Gasteiger partial charge in [0.1, 0.15) is 0 Å². The summed E-state index contributed by atoms with van der Waals surface area (Å²) in [4.78, 5) is 17.6. The molecule has 178 valence electrons. The van der Waals surface area contributed by atoms with E-state index in [4.69, 9.17) is 0 Å². The Hall–Kier alpha value is -3.98. The third kappa shape index (κ3) is 4.30. The van der Waals surface area contributed by atoms with Crippen molar-refractivity contribution >= 4 is 5.71 Å². The predicted molar refractivity (Wildman–Crippen MR) is 125 cm³/mol. The van der Waals surface area contributed by atoms with E-state index in [1.165, 1.54) is 29.0 Å². The Morgan fingerprint density at radius 3 is 2.54 bits per heavy atom. The van der Waals surface area contributed by atoms with E-state index >= 15 is 0 Å². The average Bonchev–Trinajstić information content (AvgIpc) is 3.45. The summed E-state index contributed by atoms with van der Waals surface area (Å²) in [7, 11) is 1.84. The highest BCUT2D eigenvalue weighted by molar-refractivity contribution is 6.15. The lowest BCUT2D eigenvalue weighted by Gasteiger charge is -2.20. The van der Waals surface area contributed by atoms with Gasteiger partial charge in [0, 0.05) is 36.6 Å². The summed E-state index contributed by atoms with van der Waals surface area (Å²) in [5, 5.41) is 14.1. The molecule has 0 aliphatic carbocycles. The van der Waals surface area contributed by atoms with Crippen LogP contribution in [-0.2, 0) is 19.8 Å². The highest BCUT2D eigenvalue weighted by Gasteiger charge is 2.31. The zero-order chi connectivity index (χ0) is 24.7. The second-order valence-electron chi connectivity index (χ2n) is 8.42. The maximum Gasteiger partial charge on any atom is 0.416 e. The first-order chi connectivity index (χ1) is 16.7. The van der Waals surface area contributed by atoms with Gasteiger partial charge < -0.3 is 9.67 Å². The van der Waals surface area contributed by atoms with Gasteiger partial charge in [-0.3, -0.25) is 14.5 Å². The molecule has 35 heavy (non-hydrogen) atoms. The number of aliphatic hydroxyl groups excluding tert-OH is 1. The van der Waals surface area contributed by atoms with Crippen LogP contribution in [0.1, 0.15) is 33.9 Å². The number of benzene rings is 2. The number of aryl methyl sites for hydroxylation is 1. The molecule has 0 amide bonds. The van der Waals surface area contributed by atoms with Gasteiger partial charge in [-0.25, -0.2) is 0 Å². The summed E-state index contributed by atoms with van der Waals surface area (Å²) in [6.07, 6.45) is 0.633. The van der Waals surface area contributed by atoms with Crippen molar-refractivity contribution in [2.45, 2.75) is 18.8 Å². The van der Waals surface area contributed by atoms with Gasteiger partial charge in [-0.15, -0.1) is 0 Å². The number of aromatic nitrogens is 3. The zero-order valence-corrected chi connectivity index (χ0v) is 18.7. The van der Waals surface area contributed by atoms with Gasteiger partial charge >= 0.3 is 6.18 Å². The number of hydrogen-bond donors (Lipinski definition) is 1. The Morgan fingerprint density at radius 1 is 1.06 bits per heavy atom. The van der Waals surface area contributed by atoms with Crippen molar-refractivity contribution in [2.75, 3.05) is 6.61 Å². The average molecular weight is 478 g/mol. The standard InChI is InChI=1S/C26H21F3N4O2/c1-32-14-20(13-31-32)25-22-10-16(5-6-19(22)12-30-25)17-7-8-33(24(35)11-17)23(15-34)18-3-2-4-21(9-18)26(27,28)29/h2-11,13-14,23,34H,12,15H2,1H3/t23-/m1/s1. The first-order valence-electron chi connectivity index (χ1n) is 10.9. The van der Waals surface area contributed by atoms with Crippen LogP contribution in [0, 0.1) is 0 Å². The molecule has 0 fully saturated rings. The summed E-state index contributed by atoms with van der Waals surface area (Å²) in [5.74, 6) is 0. The van der Waals surface area contributed by atoms with E-state index in [0.717, 1.165) is 40.1 Å². The van der Waals surface area contributed by atoms with Gasteiger partial charge in [-0.05, 0) is 46.5 Å². The Balaban J connectivity index is 1.48. The number of alkyl halides is 3. The molecule has 0 saturated carbocycles. The predicted octanol–water partition coefficient (Wildman–Crippen LogP) is 4.20. The molecule has 0 spiro atoms. The molecule has 2 aromatic carbocycles. The van der Waals surface area contributed by atoms with E-state index in [2.05, 4.69) is 10.1 Å². The fourth-order valence-electron chi connectivity index (χ4n) is 4.36. The highest BCUT2D eigenvalue weighted by Crippen LogP contribution is 2.32. The minimum atomic E-state index is -4.52. The molecule has 1 N–H and O–H groups in total. The van der Waals surface area contributed by atoms with E-state index in [1.54, 1.807) is 16.9 Å². The van der Waals surface area contributed by atoms with E-state index in [0.29, 0.717) is 12.1 Å². The molecule has 1 atom stereocenters. The van der Waals surface area contributed by atoms with E-state index < -0.39 is 29.9 Å². The Kier molecular flexibility index (Phi) is 5.64. The van der Waals surface area contributed by atoms with Crippen LogP contribution in [0.25, 0.3) is 11.1 Å². The molecule has 9 heteroatoms. The Bertz CT molecular complexity index is 1500. The summed E-state index contributed by atoms with van der Waals surface area (Å²) in [6, 6.07) is 12.7. The van der Waals surface area contributed by atoms with Gasteiger partial charge in [0.05, 0.1) is 36.7 Å². The summed E-state index contributed by atoms with van der Waals surface area (Å²) in [6.45, 7) is 0.0426. The van der Waals surface area contributed by atoms with Gasteiger partial charge in [0.2, 0.25) is 0 Å². The zero-order valence-electron chi connectivity index (χ0n) is 18.7. The number of hydrogen-bond acceptors (Lipinski definition) is 4. The van der Waals surface area contributed by atoms with Crippen molar-refractivity contribution in [2.24, 2.45) is 12.0 Å². The molecule has 6 nitrogen and oxygen atoms in total. The normalized spacial score (nSPS) is 14.0. The molecule has 2 aromatic heterocycles. The van der Waals surface area contributed by atoms with Crippen molar-refractivity contribution < 1.29 is 18.3 Å². The SMILES string of the molecule is Cn1cc(C2=NCc3ccc(-c4ccn([C@H](CO)c5cccc(C(F)(F)F)c5)c(=O)c4)cc32)cn1. The van der Waals surface area contributed by atoms with E-state index in [-0.39, 0.29) is 5.56 Å². The number of rotatable bonds is 5. The minimum Gasteiger partial charge on any atom is -0.394 e. The third-order valence-electron chi connectivity index (χ3n) is 6.14. The number of aliphatic imine (C=N–C) groups is 1. The van der Waals surface area contributed by atoms with Crippen molar-refractivity contribution in [1.29, 1.82) is 0 Å². The van der Waals surface area contributed by atoms with Crippen molar-refractivity contribution in [3.63, 3.8) is 0 Å². The topological polar surface area (TPSA) is 72.4 Å². The highest BCUT2D eigenvalue weighted by atomic mass is 19.4. The molecule has 5 rings (SSSR count). The molecule has 0 unspecified atom stereocenters. The number of pyridine rings is 1. The summed E-state index contributed by atoms with van der Waals surface area (Å²) >= 11 is 0. The molecular formula is C26H21F3N4O2. The van der Waals surface area contributed by atoms with Gasteiger partial charge in [0.15, 0.2) is 0 Å². The fraction of sp³-hybridized carbons (Fsp3) is 0.192. The van der Waals surface area contributed by atoms with Crippen molar-refractivity contribution in [1.82, 2.24) is 14.3 Å². The molecule has 0 saturated heterocycles. The van der Waals surface area contributed by atoms with Crippen LogP contribution < -0.4 is 5.56 Å². The molecular weight excluding hydrogens is 457 g/mol. The van der Waals surface area contributed by atoms with E-state index in [9.17, 15) is 23.1 Å². The minimum absolute atomic E-state index is 0.201. The quantitative estimate of drug-likeness (QED) is 0.467. The monoisotopic (exact) mass is 478 g/mol. The van der Waals surface area contributed by atoms with Crippen LogP contribution in [0.5, 0.6) is 0 Å². The Labute approximate surface area is 198 Å². The van der Waals surface area contributed by atoms with Crippen molar-refractivity contribution in [3.05, 3.63) is 111 Å². The smallest absolute Gasteiger partial charge is 0.394 e. The third-order valence-corrected chi connectivity index (χ3v) is 6.14. The number of halogens is 3. The van der Waals surface area contributed by atoms with Gasteiger partial charge in [0.25, 0.3) is 5.56 Å². The van der Waals surface area contributed by atoms with Crippen molar-refractivity contribution in [3.8, 4) is 11.1 Å². The Morgan fingerprint density at radius 2 is 1.86 bits per heavy atom. The molecule has 0 radical (unpaired) electrons. The maximum absolute atomic E-state index is 13.1. The van der Waals surface area contributed by atoms with Gasteiger partial charge in [-0.1, -0.05) is 24.3 Å². The van der Waals surface area contributed by atoms with Crippen LogP contribution in [0.4, 0.5) is 13.2 Å². The van der Waals surface area contributed by atoms with Crippen LogP contribution in [0.15, 0.2) is 83.0 Å². The molecule has 0 bridgehead atoms. The first-order valence-corrected chi connectivity index (χ1v) is 10.9. The lowest BCUT2D eigenvalue weighted by molar-refractivity contribution is -0.137. The first kappa shape index (κ1) is 22.8. The summed E-state index contributed by atoms with van der Waals surface area (Å²) in [5.41, 5.74) is 4.20. The fourth-order valence-corrected chi connectivity index (χ4v) is 4.36. The maximum atomic E-state index is 13.1. The molecule has 4 aromatic rings. The second-order valence-corrected chi connectivity index (χ2v) is 8.42. The van der Waals surface area contributed by atoms with Crippen LogP contribution in [0.2, 0.25) is 0 Å². The lowest BCUT2D eigenvalue weighted by Crippen LogP contribution is -2.27. The summed E-state index contributed by atoms with van der Waals surface area (Å²) < 4.78 is 42.4. The van der Waals surface area contributed by atoms with E-state index in [1.807, 2.05) is 31.4 Å². The van der Waals surface area contributed by atoms with Gasteiger partial charge in [-0.2, -0.15) is 18.3 Å². The second kappa shape index (κ2) is 8.66. The molecule has 1 aliphatic heterocycles.